The Bertz CT molecular complexity index is 463. The van der Waals surface area contributed by atoms with E-state index in [0.29, 0.717) is 30.5 Å². The monoisotopic (exact) mass is 328 g/mol. The van der Waals surface area contributed by atoms with Crippen molar-refractivity contribution in [3.05, 3.63) is 28.8 Å². The van der Waals surface area contributed by atoms with Crippen molar-refractivity contribution in [1.82, 2.24) is 5.32 Å². The molecule has 0 aliphatic rings. The number of urea groups is 1. The summed E-state index contributed by atoms with van der Waals surface area (Å²) in [5.41, 5.74) is 1.65. The van der Waals surface area contributed by atoms with E-state index in [1.807, 2.05) is 32.9 Å². The van der Waals surface area contributed by atoms with Gasteiger partial charge in [-0.1, -0.05) is 17.7 Å². The standard InChI is InChI=1S/C16H25ClN2O3/c1-4-21-15(22-5-2)7-6-10-18-16(20)19-13-9-8-12(3)14(17)11-13/h8-9,11,15H,4-7,10H2,1-3H3,(H2,18,19,20). The predicted octanol–water partition coefficient (Wildman–Crippen LogP) is 3.95. The molecule has 22 heavy (non-hydrogen) atoms. The summed E-state index contributed by atoms with van der Waals surface area (Å²) in [6.45, 7) is 7.58. The molecule has 0 radical (unpaired) electrons. The van der Waals surface area contributed by atoms with Crippen LogP contribution >= 0.6 is 11.6 Å². The van der Waals surface area contributed by atoms with E-state index in [1.165, 1.54) is 0 Å². The number of benzene rings is 1. The lowest BCUT2D eigenvalue weighted by Crippen LogP contribution is -2.30. The third-order valence-corrected chi connectivity index (χ3v) is 3.44. The van der Waals surface area contributed by atoms with Gasteiger partial charge in [0.2, 0.25) is 0 Å². The zero-order chi connectivity index (χ0) is 16.4. The molecular weight excluding hydrogens is 304 g/mol. The number of hydrogen-bond acceptors (Lipinski definition) is 3. The van der Waals surface area contributed by atoms with Gasteiger partial charge in [0.1, 0.15) is 0 Å². The third-order valence-electron chi connectivity index (χ3n) is 3.04. The highest BCUT2D eigenvalue weighted by molar-refractivity contribution is 6.31. The van der Waals surface area contributed by atoms with E-state index in [-0.39, 0.29) is 12.3 Å². The van der Waals surface area contributed by atoms with Gasteiger partial charge in [0.25, 0.3) is 0 Å². The molecule has 6 heteroatoms. The average Bonchev–Trinajstić information content (AvgIpc) is 2.48. The highest BCUT2D eigenvalue weighted by Crippen LogP contribution is 2.19. The molecule has 0 saturated heterocycles. The molecule has 2 amide bonds. The van der Waals surface area contributed by atoms with Crippen LogP contribution in [0.25, 0.3) is 0 Å². The maximum Gasteiger partial charge on any atom is 0.319 e. The van der Waals surface area contributed by atoms with Crippen LogP contribution < -0.4 is 10.6 Å². The van der Waals surface area contributed by atoms with Gasteiger partial charge in [-0.2, -0.15) is 0 Å². The number of hydrogen-bond donors (Lipinski definition) is 2. The number of rotatable bonds is 9. The number of carbonyl (C=O) groups is 1. The Hall–Kier alpha value is -1.30. The van der Waals surface area contributed by atoms with Crippen molar-refractivity contribution in [2.24, 2.45) is 0 Å². The molecule has 0 aliphatic carbocycles. The zero-order valence-corrected chi connectivity index (χ0v) is 14.2. The van der Waals surface area contributed by atoms with E-state index >= 15 is 0 Å². The van der Waals surface area contributed by atoms with Crippen molar-refractivity contribution >= 4 is 23.3 Å². The molecule has 1 rings (SSSR count). The van der Waals surface area contributed by atoms with Crippen LogP contribution in [0.3, 0.4) is 0 Å². The Balaban J connectivity index is 2.26. The number of ether oxygens (including phenoxy) is 2. The molecule has 0 spiro atoms. The molecule has 2 N–H and O–H groups in total. The highest BCUT2D eigenvalue weighted by atomic mass is 35.5. The highest BCUT2D eigenvalue weighted by Gasteiger charge is 2.08. The molecule has 0 saturated carbocycles. The molecule has 0 unspecified atom stereocenters. The summed E-state index contributed by atoms with van der Waals surface area (Å²) >= 11 is 6.02. The SMILES string of the molecule is CCOC(CCCNC(=O)Nc1ccc(C)c(Cl)c1)OCC. The van der Waals surface area contributed by atoms with Crippen molar-refractivity contribution in [2.45, 2.75) is 39.9 Å². The van der Waals surface area contributed by atoms with E-state index in [9.17, 15) is 4.79 Å². The molecule has 0 aromatic heterocycles. The second kappa shape index (κ2) is 10.4. The first-order valence-electron chi connectivity index (χ1n) is 7.61. The second-order valence-electron chi connectivity index (χ2n) is 4.83. The van der Waals surface area contributed by atoms with Gasteiger partial charge in [-0.3, -0.25) is 0 Å². The first-order chi connectivity index (χ1) is 10.6. The largest absolute Gasteiger partial charge is 0.353 e. The number of carbonyl (C=O) groups excluding carboxylic acids is 1. The van der Waals surface area contributed by atoms with Crippen LogP contribution in [0.15, 0.2) is 18.2 Å². The van der Waals surface area contributed by atoms with Crippen molar-refractivity contribution in [1.29, 1.82) is 0 Å². The third kappa shape index (κ3) is 7.11. The Morgan fingerprint density at radius 1 is 1.27 bits per heavy atom. The number of halogens is 1. The lowest BCUT2D eigenvalue weighted by Gasteiger charge is -2.16. The minimum atomic E-state index is -0.246. The second-order valence-corrected chi connectivity index (χ2v) is 5.23. The fraction of sp³-hybridized carbons (Fsp3) is 0.562. The molecule has 0 fully saturated rings. The molecule has 0 heterocycles. The number of anilines is 1. The molecule has 1 aromatic rings. The first-order valence-corrected chi connectivity index (χ1v) is 7.98. The summed E-state index contributed by atoms with van der Waals surface area (Å²) in [6, 6.07) is 5.17. The lowest BCUT2D eigenvalue weighted by atomic mass is 10.2. The van der Waals surface area contributed by atoms with E-state index < -0.39 is 0 Å². The minimum Gasteiger partial charge on any atom is -0.353 e. The van der Waals surface area contributed by atoms with Gasteiger partial charge in [0.15, 0.2) is 6.29 Å². The van der Waals surface area contributed by atoms with Gasteiger partial charge in [0, 0.05) is 36.9 Å². The van der Waals surface area contributed by atoms with Crippen molar-refractivity contribution in [3.63, 3.8) is 0 Å². The quantitative estimate of drug-likeness (QED) is 0.533. The van der Waals surface area contributed by atoms with Crippen LogP contribution in [0, 0.1) is 6.92 Å². The van der Waals surface area contributed by atoms with Crippen LogP contribution in [0.2, 0.25) is 5.02 Å². The first kappa shape index (κ1) is 18.7. The molecule has 1 aromatic carbocycles. The predicted molar refractivity (Wildman–Crippen MR) is 89.5 cm³/mol. The molecule has 5 nitrogen and oxygen atoms in total. The average molecular weight is 329 g/mol. The Kier molecular flexibility index (Phi) is 8.89. The number of aryl methyl sites for hydroxylation is 1. The van der Waals surface area contributed by atoms with Gasteiger partial charge in [0.05, 0.1) is 0 Å². The fourth-order valence-electron chi connectivity index (χ4n) is 1.90. The maximum atomic E-state index is 11.8. The van der Waals surface area contributed by atoms with Gasteiger partial charge < -0.3 is 20.1 Å². The van der Waals surface area contributed by atoms with Gasteiger partial charge >= 0.3 is 6.03 Å². The summed E-state index contributed by atoms with van der Waals surface area (Å²) in [5, 5.41) is 6.19. The van der Waals surface area contributed by atoms with E-state index in [4.69, 9.17) is 21.1 Å². The summed E-state index contributed by atoms with van der Waals surface area (Å²) in [6.07, 6.45) is 1.33. The molecule has 0 bridgehead atoms. The fourth-order valence-corrected chi connectivity index (χ4v) is 2.08. The van der Waals surface area contributed by atoms with Gasteiger partial charge in [-0.15, -0.1) is 0 Å². The smallest absolute Gasteiger partial charge is 0.319 e. The number of nitrogens with one attached hydrogen (secondary N) is 2. The molecular formula is C16H25ClN2O3. The maximum absolute atomic E-state index is 11.8. The molecule has 0 aliphatic heterocycles. The van der Waals surface area contributed by atoms with Crippen LogP contribution in [0.4, 0.5) is 10.5 Å². The van der Waals surface area contributed by atoms with Gasteiger partial charge in [-0.05, 0) is 44.9 Å². The molecule has 0 atom stereocenters. The minimum absolute atomic E-state index is 0.198. The number of amides is 2. The normalized spacial score (nSPS) is 10.8. The zero-order valence-electron chi connectivity index (χ0n) is 13.4. The summed E-state index contributed by atoms with van der Waals surface area (Å²) < 4.78 is 10.9. The molecule has 124 valence electrons. The van der Waals surface area contributed by atoms with Crippen LogP contribution in [-0.2, 0) is 9.47 Å². The van der Waals surface area contributed by atoms with E-state index in [1.54, 1.807) is 6.07 Å². The van der Waals surface area contributed by atoms with E-state index in [2.05, 4.69) is 10.6 Å². The summed E-state index contributed by atoms with van der Waals surface area (Å²) in [5.74, 6) is 0. The van der Waals surface area contributed by atoms with E-state index in [0.717, 1.165) is 18.4 Å². The van der Waals surface area contributed by atoms with Crippen molar-refractivity contribution in [2.75, 3.05) is 25.1 Å². The Morgan fingerprint density at radius 2 is 1.95 bits per heavy atom. The van der Waals surface area contributed by atoms with Gasteiger partial charge in [-0.25, -0.2) is 4.79 Å². The summed E-state index contributed by atoms with van der Waals surface area (Å²) in [4.78, 5) is 11.8. The van der Waals surface area contributed by atoms with Crippen molar-refractivity contribution < 1.29 is 14.3 Å². The topological polar surface area (TPSA) is 59.6 Å². The van der Waals surface area contributed by atoms with Crippen LogP contribution in [0.5, 0.6) is 0 Å². The Morgan fingerprint density at radius 3 is 2.55 bits per heavy atom. The van der Waals surface area contributed by atoms with Crippen LogP contribution in [-0.4, -0.2) is 32.1 Å². The summed E-state index contributed by atoms with van der Waals surface area (Å²) in [7, 11) is 0. The van der Waals surface area contributed by atoms with Crippen molar-refractivity contribution in [3.8, 4) is 0 Å². The lowest BCUT2D eigenvalue weighted by molar-refractivity contribution is -0.139. The Labute approximate surface area is 137 Å². The van der Waals surface area contributed by atoms with Crippen LogP contribution in [0.1, 0.15) is 32.3 Å².